The zero-order chi connectivity index (χ0) is 24.3. The molecule has 6 nitrogen and oxygen atoms in total. The Morgan fingerprint density at radius 3 is 2.63 bits per heavy atom. The standard InChI is InChI=1S/C26H14FIN2O4S/c27-15-7-10-17-20(12-15)35-26(29-17)30-22(13-5-8-16(28)9-6-13)21(24(32)25(30)33)23(31)19-11-14-3-1-2-4-18(14)34-19/h1-12,22,32H. The van der Waals surface area contributed by atoms with Crippen LogP contribution in [0.2, 0.25) is 0 Å². The summed E-state index contributed by atoms with van der Waals surface area (Å²) in [5, 5.41) is 11.9. The number of furan rings is 1. The summed E-state index contributed by atoms with van der Waals surface area (Å²) in [5.74, 6) is -2.41. The number of anilines is 1. The molecule has 6 rings (SSSR count). The minimum Gasteiger partial charge on any atom is -0.503 e. The summed E-state index contributed by atoms with van der Waals surface area (Å²) in [6.07, 6.45) is 0. The minimum atomic E-state index is -0.939. The Kier molecular flexibility index (Phi) is 5.19. The highest BCUT2D eigenvalue weighted by Gasteiger charge is 2.46. The van der Waals surface area contributed by atoms with Crippen LogP contribution in [0.5, 0.6) is 0 Å². The summed E-state index contributed by atoms with van der Waals surface area (Å²) in [7, 11) is 0. The number of carbonyl (C=O) groups excluding carboxylic acids is 2. The van der Waals surface area contributed by atoms with Gasteiger partial charge in [-0.15, -0.1) is 0 Å². The highest BCUT2D eigenvalue weighted by molar-refractivity contribution is 14.1. The summed E-state index contributed by atoms with van der Waals surface area (Å²) in [4.78, 5) is 32.8. The third-order valence-corrected chi connectivity index (χ3v) is 7.57. The topological polar surface area (TPSA) is 83.6 Å². The molecule has 0 bridgehead atoms. The van der Waals surface area contributed by atoms with Gasteiger partial charge in [-0.05, 0) is 70.6 Å². The molecule has 0 saturated heterocycles. The van der Waals surface area contributed by atoms with Crippen molar-refractivity contribution in [2.75, 3.05) is 4.90 Å². The first-order valence-electron chi connectivity index (χ1n) is 10.5. The smallest absolute Gasteiger partial charge is 0.296 e. The molecule has 172 valence electrons. The van der Waals surface area contributed by atoms with Crippen molar-refractivity contribution in [1.82, 2.24) is 4.98 Å². The Morgan fingerprint density at radius 2 is 1.86 bits per heavy atom. The fourth-order valence-electron chi connectivity index (χ4n) is 4.21. The molecule has 2 aromatic heterocycles. The monoisotopic (exact) mass is 596 g/mol. The number of hydrogen-bond acceptors (Lipinski definition) is 6. The van der Waals surface area contributed by atoms with Gasteiger partial charge in [-0.25, -0.2) is 9.37 Å². The number of ketones is 1. The Balaban J connectivity index is 1.51. The van der Waals surface area contributed by atoms with E-state index in [9.17, 15) is 19.1 Å². The van der Waals surface area contributed by atoms with Gasteiger partial charge in [0.2, 0.25) is 5.78 Å². The number of hydrogen-bond donors (Lipinski definition) is 1. The van der Waals surface area contributed by atoms with Crippen LogP contribution in [0.3, 0.4) is 0 Å². The van der Waals surface area contributed by atoms with Crippen molar-refractivity contribution in [1.29, 1.82) is 0 Å². The van der Waals surface area contributed by atoms with Crippen molar-refractivity contribution >= 4 is 71.9 Å². The number of nitrogens with zero attached hydrogens (tertiary/aromatic N) is 2. The maximum Gasteiger partial charge on any atom is 0.296 e. The van der Waals surface area contributed by atoms with E-state index in [1.54, 1.807) is 30.3 Å². The largest absolute Gasteiger partial charge is 0.503 e. The molecular formula is C26H14FIN2O4S. The molecule has 0 fully saturated rings. The lowest BCUT2D eigenvalue weighted by Crippen LogP contribution is -2.30. The van der Waals surface area contributed by atoms with Crippen LogP contribution in [0.1, 0.15) is 22.2 Å². The van der Waals surface area contributed by atoms with Gasteiger partial charge in [0, 0.05) is 8.96 Å². The summed E-state index contributed by atoms with van der Waals surface area (Å²) in [5.41, 5.74) is 1.56. The van der Waals surface area contributed by atoms with Gasteiger partial charge in [0.1, 0.15) is 11.4 Å². The maximum atomic E-state index is 13.8. The van der Waals surface area contributed by atoms with E-state index in [0.29, 0.717) is 21.4 Å². The van der Waals surface area contributed by atoms with Gasteiger partial charge in [0.15, 0.2) is 16.7 Å². The number of aliphatic hydroxyl groups excluding tert-OH is 1. The molecule has 0 spiro atoms. The third-order valence-electron chi connectivity index (χ3n) is 5.83. The highest BCUT2D eigenvalue weighted by atomic mass is 127. The number of fused-ring (bicyclic) bond motifs is 2. The number of thiazole rings is 1. The van der Waals surface area contributed by atoms with Crippen molar-refractivity contribution in [3.05, 3.63) is 105 Å². The second-order valence-electron chi connectivity index (χ2n) is 7.98. The molecule has 1 N–H and O–H groups in total. The number of para-hydroxylation sites is 1. The Morgan fingerprint density at radius 1 is 1.09 bits per heavy atom. The average Bonchev–Trinajstić information content (AvgIpc) is 3.53. The van der Waals surface area contributed by atoms with E-state index >= 15 is 0 Å². The van der Waals surface area contributed by atoms with Crippen LogP contribution in [0.4, 0.5) is 9.52 Å². The summed E-state index contributed by atoms with van der Waals surface area (Å²) >= 11 is 3.27. The van der Waals surface area contributed by atoms with E-state index < -0.39 is 29.3 Å². The zero-order valence-electron chi connectivity index (χ0n) is 17.7. The lowest BCUT2D eigenvalue weighted by molar-refractivity contribution is -0.117. The molecule has 0 aliphatic carbocycles. The van der Waals surface area contributed by atoms with Crippen LogP contribution < -0.4 is 4.90 Å². The minimum absolute atomic E-state index is 0.0179. The fraction of sp³-hybridized carbons (Fsp3) is 0.0385. The van der Waals surface area contributed by atoms with E-state index in [0.717, 1.165) is 20.3 Å². The van der Waals surface area contributed by atoms with Crippen LogP contribution in [-0.2, 0) is 4.79 Å². The first-order chi connectivity index (χ1) is 16.9. The molecule has 1 unspecified atom stereocenters. The van der Waals surface area contributed by atoms with Gasteiger partial charge >= 0.3 is 0 Å². The second kappa shape index (κ2) is 8.28. The van der Waals surface area contributed by atoms with Crippen LogP contribution >= 0.6 is 33.9 Å². The average molecular weight is 596 g/mol. The number of carbonyl (C=O) groups is 2. The fourth-order valence-corrected chi connectivity index (χ4v) is 5.59. The Hall–Kier alpha value is -3.57. The number of benzene rings is 3. The predicted molar refractivity (Wildman–Crippen MR) is 139 cm³/mol. The van der Waals surface area contributed by atoms with Gasteiger partial charge < -0.3 is 9.52 Å². The Labute approximate surface area is 215 Å². The van der Waals surface area contributed by atoms with Gasteiger partial charge in [-0.1, -0.05) is 41.7 Å². The molecule has 9 heteroatoms. The molecule has 1 atom stereocenters. The summed E-state index contributed by atoms with van der Waals surface area (Å²) < 4.78 is 21.0. The number of amides is 1. The Bertz CT molecular complexity index is 1660. The second-order valence-corrected chi connectivity index (χ2v) is 10.2. The third kappa shape index (κ3) is 3.62. The van der Waals surface area contributed by atoms with E-state index in [4.69, 9.17) is 4.42 Å². The first-order valence-corrected chi connectivity index (χ1v) is 12.4. The van der Waals surface area contributed by atoms with E-state index in [1.807, 2.05) is 24.3 Å². The zero-order valence-corrected chi connectivity index (χ0v) is 20.7. The SMILES string of the molecule is O=C(C1=C(O)C(=O)N(c2nc3ccc(F)cc3s2)C1c1ccc(I)cc1)c1cc2ccccc2o1. The number of rotatable bonds is 4. The van der Waals surface area contributed by atoms with Crippen molar-refractivity contribution in [2.45, 2.75) is 6.04 Å². The number of Topliss-reactive ketones (excluding diaryl/α,β-unsaturated/α-hetero) is 1. The highest BCUT2D eigenvalue weighted by Crippen LogP contribution is 2.44. The van der Waals surface area contributed by atoms with E-state index in [2.05, 4.69) is 27.6 Å². The summed E-state index contributed by atoms with van der Waals surface area (Å²) in [6, 6.07) is 19.3. The number of halogens is 2. The number of aliphatic hydroxyl groups is 1. The molecule has 35 heavy (non-hydrogen) atoms. The molecule has 1 amide bonds. The van der Waals surface area contributed by atoms with Gasteiger partial charge in [-0.3, -0.25) is 14.5 Å². The number of aromatic nitrogens is 1. The van der Waals surface area contributed by atoms with Crippen LogP contribution in [0.15, 0.2) is 88.5 Å². The molecule has 5 aromatic rings. The molecule has 0 saturated carbocycles. The van der Waals surface area contributed by atoms with Gasteiger partial charge in [-0.2, -0.15) is 0 Å². The molecular weight excluding hydrogens is 582 g/mol. The summed E-state index contributed by atoms with van der Waals surface area (Å²) in [6.45, 7) is 0. The van der Waals surface area contributed by atoms with Gasteiger partial charge in [0.25, 0.3) is 5.91 Å². The van der Waals surface area contributed by atoms with Crippen LogP contribution in [0, 0.1) is 9.39 Å². The quantitative estimate of drug-likeness (QED) is 0.188. The van der Waals surface area contributed by atoms with Crippen LogP contribution in [0.25, 0.3) is 21.2 Å². The normalized spacial score (nSPS) is 16.1. The molecule has 1 aliphatic rings. The predicted octanol–water partition coefficient (Wildman–Crippen LogP) is 6.57. The lowest BCUT2D eigenvalue weighted by atomic mass is 9.95. The molecule has 3 aromatic carbocycles. The van der Waals surface area contributed by atoms with Crippen molar-refractivity contribution in [2.24, 2.45) is 0 Å². The van der Waals surface area contributed by atoms with Crippen LogP contribution in [-0.4, -0.2) is 21.8 Å². The van der Waals surface area contributed by atoms with Crippen molar-refractivity contribution in [3.8, 4) is 0 Å². The lowest BCUT2D eigenvalue weighted by Gasteiger charge is -2.24. The van der Waals surface area contributed by atoms with Gasteiger partial charge in [0.05, 0.1) is 21.8 Å². The van der Waals surface area contributed by atoms with Crippen molar-refractivity contribution in [3.63, 3.8) is 0 Å². The first kappa shape index (κ1) is 21.9. The molecule has 3 heterocycles. The molecule has 1 aliphatic heterocycles. The maximum absolute atomic E-state index is 13.8. The van der Waals surface area contributed by atoms with Crippen molar-refractivity contribution < 1.29 is 23.5 Å². The van der Waals surface area contributed by atoms with E-state index in [1.165, 1.54) is 23.1 Å². The van der Waals surface area contributed by atoms with E-state index in [-0.39, 0.29) is 16.5 Å². The molecule has 0 radical (unpaired) electrons.